The van der Waals surface area contributed by atoms with Gasteiger partial charge in [-0.2, -0.15) is 0 Å². The van der Waals surface area contributed by atoms with Crippen molar-refractivity contribution in [1.82, 2.24) is 0 Å². The highest BCUT2D eigenvalue weighted by Crippen LogP contribution is 2.18. The first kappa shape index (κ1) is 10.7. The van der Waals surface area contributed by atoms with Gasteiger partial charge in [-0.1, -0.05) is 35.8 Å². The summed E-state index contributed by atoms with van der Waals surface area (Å²) < 4.78 is 1.02. The van der Waals surface area contributed by atoms with Crippen molar-refractivity contribution in [2.75, 3.05) is 0 Å². The van der Waals surface area contributed by atoms with Gasteiger partial charge in [0.25, 0.3) is 0 Å². The summed E-state index contributed by atoms with van der Waals surface area (Å²) in [7, 11) is 0. The van der Waals surface area contributed by atoms with E-state index in [1.807, 2.05) is 12.1 Å². The van der Waals surface area contributed by atoms with Crippen LogP contribution in [0.1, 0.15) is 25.0 Å². The number of hydrogen-bond acceptors (Lipinski definition) is 1. The van der Waals surface area contributed by atoms with Crippen LogP contribution in [0.2, 0.25) is 0 Å². The Morgan fingerprint density at radius 1 is 1.38 bits per heavy atom. The van der Waals surface area contributed by atoms with Gasteiger partial charge >= 0.3 is 0 Å². The lowest BCUT2D eigenvalue weighted by molar-refractivity contribution is 0.414. The molecule has 71 valence electrons. The third-order valence-corrected chi connectivity index (χ3v) is 2.23. The molecule has 0 aromatic heterocycles. The lowest BCUT2D eigenvalue weighted by Gasteiger charge is -2.07. The second-order valence-corrected chi connectivity index (χ2v) is 4.54. The van der Waals surface area contributed by atoms with Crippen molar-refractivity contribution in [2.24, 2.45) is 5.92 Å². The Morgan fingerprint density at radius 2 is 2.08 bits per heavy atom. The number of benzene rings is 1. The second-order valence-electron chi connectivity index (χ2n) is 3.62. The van der Waals surface area contributed by atoms with Crippen LogP contribution < -0.4 is 0 Å². The highest BCUT2D eigenvalue weighted by Gasteiger charge is 2.01. The first-order valence-corrected chi connectivity index (χ1v) is 5.18. The van der Waals surface area contributed by atoms with Crippen molar-refractivity contribution in [1.29, 1.82) is 0 Å². The Hall–Kier alpha value is -0.340. The maximum absolute atomic E-state index is 8.87. The number of halogens is 1. The molecule has 0 bridgehead atoms. The summed E-state index contributed by atoms with van der Waals surface area (Å²) >= 11 is 3.41. The van der Waals surface area contributed by atoms with Gasteiger partial charge in [0.2, 0.25) is 0 Å². The van der Waals surface area contributed by atoms with Gasteiger partial charge in [0.05, 0.1) is 0 Å². The summed E-state index contributed by atoms with van der Waals surface area (Å²) in [5.74, 6) is 0.640. The quantitative estimate of drug-likeness (QED) is 0.859. The molecular formula is C11H14BrO. The highest BCUT2D eigenvalue weighted by atomic mass is 79.9. The van der Waals surface area contributed by atoms with Gasteiger partial charge in [-0.25, -0.2) is 0 Å². The molecule has 0 saturated heterocycles. The molecule has 1 nitrogen and oxygen atoms in total. The van der Waals surface area contributed by atoms with Gasteiger partial charge in [-0.3, -0.25) is 0 Å². The van der Waals surface area contributed by atoms with Gasteiger partial charge < -0.3 is 5.11 Å². The van der Waals surface area contributed by atoms with E-state index in [0.717, 1.165) is 23.1 Å². The number of rotatable bonds is 3. The number of hydrogen-bond donors (Lipinski definition) is 1. The molecule has 0 spiro atoms. The molecule has 13 heavy (non-hydrogen) atoms. The van der Waals surface area contributed by atoms with Crippen molar-refractivity contribution in [3.05, 3.63) is 40.4 Å². The average Bonchev–Trinajstić information content (AvgIpc) is 2.01. The molecule has 0 fully saturated rings. The van der Waals surface area contributed by atoms with Gasteiger partial charge in [0.15, 0.2) is 0 Å². The zero-order valence-corrected chi connectivity index (χ0v) is 9.51. The average molecular weight is 242 g/mol. The first-order chi connectivity index (χ1) is 6.11. The zero-order chi connectivity index (χ0) is 9.84. The Balaban J connectivity index is 2.88. The molecule has 2 heteroatoms. The molecule has 1 aromatic rings. The van der Waals surface area contributed by atoms with Crippen molar-refractivity contribution in [3.63, 3.8) is 0 Å². The van der Waals surface area contributed by atoms with E-state index in [2.05, 4.69) is 35.8 Å². The summed E-state index contributed by atoms with van der Waals surface area (Å²) in [6.07, 6.45) is 1.04. The van der Waals surface area contributed by atoms with E-state index >= 15 is 0 Å². The van der Waals surface area contributed by atoms with Crippen LogP contribution in [0, 0.1) is 12.5 Å². The topological polar surface area (TPSA) is 20.2 Å². The Bertz CT molecular complexity index is 281. The molecule has 1 radical (unpaired) electrons. The lowest BCUT2D eigenvalue weighted by atomic mass is 10.0. The molecule has 0 unspecified atom stereocenters. The van der Waals surface area contributed by atoms with Crippen LogP contribution in [0.4, 0.5) is 0 Å². The standard InChI is InChI=1S/C11H14BrO/c1-8(2)3-9-4-10(7-13)6-11(12)5-9/h4-8,13H,3H2,1-2H3. The summed E-state index contributed by atoms with van der Waals surface area (Å²) in [6.45, 7) is 5.50. The molecule has 1 aromatic carbocycles. The zero-order valence-electron chi connectivity index (χ0n) is 7.92. The number of aliphatic hydroxyl groups is 1. The van der Waals surface area contributed by atoms with Crippen LogP contribution in [0.5, 0.6) is 0 Å². The molecule has 0 amide bonds. The smallest absolute Gasteiger partial charge is 0.109 e. The van der Waals surface area contributed by atoms with E-state index in [1.165, 1.54) is 5.56 Å². The largest absolute Gasteiger partial charge is 0.385 e. The Morgan fingerprint density at radius 3 is 2.62 bits per heavy atom. The second kappa shape index (κ2) is 4.77. The highest BCUT2D eigenvalue weighted by molar-refractivity contribution is 9.10. The van der Waals surface area contributed by atoms with E-state index in [1.54, 1.807) is 0 Å². The van der Waals surface area contributed by atoms with Gasteiger partial charge in [0, 0.05) is 4.47 Å². The van der Waals surface area contributed by atoms with Gasteiger partial charge in [-0.15, -0.1) is 0 Å². The third-order valence-electron chi connectivity index (χ3n) is 1.77. The van der Waals surface area contributed by atoms with Gasteiger partial charge in [-0.05, 0) is 35.6 Å². The van der Waals surface area contributed by atoms with Crippen LogP contribution in [0.3, 0.4) is 0 Å². The van der Waals surface area contributed by atoms with Gasteiger partial charge in [0.1, 0.15) is 6.61 Å². The molecule has 0 aliphatic carbocycles. The van der Waals surface area contributed by atoms with Crippen LogP contribution >= 0.6 is 15.9 Å². The fourth-order valence-corrected chi connectivity index (χ4v) is 1.90. The Kier molecular flexibility index (Phi) is 3.94. The molecule has 0 aliphatic heterocycles. The SMILES string of the molecule is CC(C)Cc1cc(Br)cc([CH]O)c1. The predicted molar refractivity (Wildman–Crippen MR) is 58.0 cm³/mol. The van der Waals surface area contributed by atoms with E-state index < -0.39 is 0 Å². The van der Waals surface area contributed by atoms with Crippen LogP contribution in [-0.2, 0) is 6.42 Å². The van der Waals surface area contributed by atoms with Crippen molar-refractivity contribution >= 4 is 15.9 Å². The van der Waals surface area contributed by atoms with Crippen molar-refractivity contribution in [3.8, 4) is 0 Å². The summed E-state index contributed by atoms with van der Waals surface area (Å²) in [5.41, 5.74) is 2.11. The van der Waals surface area contributed by atoms with Crippen molar-refractivity contribution < 1.29 is 5.11 Å². The number of aliphatic hydroxyl groups excluding tert-OH is 1. The maximum atomic E-state index is 8.87. The van der Waals surface area contributed by atoms with E-state index in [-0.39, 0.29) is 0 Å². The predicted octanol–water partition coefficient (Wildman–Crippen LogP) is 3.53. The molecule has 1 rings (SSSR count). The normalized spacial score (nSPS) is 10.8. The lowest BCUT2D eigenvalue weighted by Crippen LogP contribution is -1.95. The molecule has 0 atom stereocenters. The third kappa shape index (κ3) is 3.49. The van der Waals surface area contributed by atoms with Crippen LogP contribution in [0.15, 0.2) is 22.7 Å². The van der Waals surface area contributed by atoms with E-state index in [9.17, 15) is 0 Å². The molecule has 0 saturated carbocycles. The molecule has 0 heterocycles. The Labute approximate surface area is 87.9 Å². The summed E-state index contributed by atoms with van der Waals surface area (Å²) in [5, 5.41) is 8.87. The molecule has 0 aliphatic rings. The molecule has 1 N–H and O–H groups in total. The first-order valence-electron chi connectivity index (χ1n) is 4.38. The minimum absolute atomic E-state index is 0.640. The fourth-order valence-electron chi connectivity index (χ4n) is 1.34. The minimum Gasteiger partial charge on any atom is -0.385 e. The van der Waals surface area contributed by atoms with Crippen LogP contribution in [0.25, 0.3) is 0 Å². The maximum Gasteiger partial charge on any atom is 0.109 e. The monoisotopic (exact) mass is 241 g/mol. The van der Waals surface area contributed by atoms with Crippen LogP contribution in [-0.4, -0.2) is 5.11 Å². The van der Waals surface area contributed by atoms with E-state index in [0.29, 0.717) is 5.92 Å². The van der Waals surface area contributed by atoms with E-state index in [4.69, 9.17) is 5.11 Å². The summed E-state index contributed by atoms with van der Waals surface area (Å²) in [6, 6.07) is 5.99. The fraction of sp³-hybridized carbons (Fsp3) is 0.364. The van der Waals surface area contributed by atoms with Crippen molar-refractivity contribution in [2.45, 2.75) is 20.3 Å². The summed E-state index contributed by atoms with van der Waals surface area (Å²) in [4.78, 5) is 0. The molecular weight excluding hydrogens is 228 g/mol. The minimum atomic E-state index is 0.640.